The van der Waals surface area contributed by atoms with Gasteiger partial charge in [0.2, 0.25) is 5.72 Å². The lowest BCUT2D eigenvalue weighted by Crippen LogP contribution is -2.52. The Balaban J connectivity index is 1.65. The number of carboxylic acid groups (broad SMARTS) is 1. The molecule has 7 heteroatoms. The van der Waals surface area contributed by atoms with Crippen LogP contribution in [-0.2, 0) is 10.2 Å². The molecule has 0 aromatic heterocycles. The number of carbonyl (C=O) groups is 4. The van der Waals surface area contributed by atoms with Crippen molar-refractivity contribution in [2.45, 2.75) is 76.9 Å². The number of hydrogen-bond donors (Lipinski definition) is 3. The summed E-state index contributed by atoms with van der Waals surface area (Å²) >= 11 is 0. The average molecular weight is 582 g/mol. The van der Waals surface area contributed by atoms with Gasteiger partial charge in [-0.05, 0) is 66.0 Å². The van der Waals surface area contributed by atoms with E-state index in [1.165, 1.54) is 55.2 Å². The van der Waals surface area contributed by atoms with Crippen LogP contribution < -0.4 is 5.32 Å². The van der Waals surface area contributed by atoms with Crippen molar-refractivity contribution in [1.29, 1.82) is 0 Å². The van der Waals surface area contributed by atoms with Crippen LogP contribution in [0, 0.1) is 0 Å². The third-order valence-corrected chi connectivity index (χ3v) is 8.04. The molecule has 0 aliphatic heterocycles. The highest BCUT2D eigenvalue weighted by atomic mass is 16.4. The molecule has 0 saturated heterocycles. The van der Waals surface area contributed by atoms with Gasteiger partial charge in [0.05, 0.1) is 0 Å². The summed E-state index contributed by atoms with van der Waals surface area (Å²) in [4.78, 5) is 50.9. The van der Waals surface area contributed by atoms with Crippen molar-refractivity contribution in [2.75, 3.05) is 0 Å². The first-order chi connectivity index (χ1) is 20.3. The van der Waals surface area contributed by atoms with Crippen LogP contribution in [0.25, 0.3) is 5.57 Å². The number of ketones is 2. The molecule has 4 rings (SSSR count). The van der Waals surface area contributed by atoms with E-state index < -0.39 is 23.4 Å². The highest BCUT2D eigenvalue weighted by molar-refractivity contribution is 6.32. The number of nitrogens with one attached hydrogen (secondary N) is 1. The molecule has 43 heavy (non-hydrogen) atoms. The van der Waals surface area contributed by atoms with Crippen molar-refractivity contribution < 1.29 is 29.4 Å². The van der Waals surface area contributed by atoms with Crippen molar-refractivity contribution in [3.63, 3.8) is 0 Å². The highest BCUT2D eigenvalue weighted by Gasteiger charge is 2.32. The smallest absolute Gasteiger partial charge is 0.356 e. The topological polar surface area (TPSA) is 121 Å². The quantitative estimate of drug-likeness (QED) is 0.147. The minimum absolute atomic E-state index is 0.0644. The molecule has 224 valence electrons. The number of rotatable bonds is 9. The monoisotopic (exact) mass is 581 g/mol. The van der Waals surface area contributed by atoms with Crippen LogP contribution in [0.5, 0.6) is 0 Å². The standard InChI is InChI=1S/C36H39NO6/c1-35(2,3)29-20-18-26(19-21-29)31(38)22-30(25-12-10-24(11-13-25)23-8-6-5-7-9-23)32(39)27-14-16-28(17-15-27)33(40)37-36(4,43)34(41)42/h10-23,43H,5-9H2,1-4H3,(H,37,40)(H,41,42)/t36-/m1/s1. The molecule has 0 bridgehead atoms. The fourth-order valence-electron chi connectivity index (χ4n) is 5.27. The molecule has 0 unspecified atom stereocenters. The largest absolute Gasteiger partial charge is 0.478 e. The van der Waals surface area contributed by atoms with Gasteiger partial charge in [0.15, 0.2) is 11.6 Å². The summed E-state index contributed by atoms with van der Waals surface area (Å²) in [6, 6.07) is 20.9. The Kier molecular flexibility index (Phi) is 9.46. The maximum atomic E-state index is 13.8. The number of hydrogen-bond acceptors (Lipinski definition) is 5. The van der Waals surface area contributed by atoms with E-state index in [-0.39, 0.29) is 27.9 Å². The van der Waals surface area contributed by atoms with Crippen molar-refractivity contribution >= 4 is 29.0 Å². The summed E-state index contributed by atoms with van der Waals surface area (Å²) in [7, 11) is 0. The number of benzene rings is 3. The number of amides is 1. The first-order valence-corrected chi connectivity index (χ1v) is 14.7. The summed E-state index contributed by atoms with van der Waals surface area (Å²) in [6.07, 6.45) is 7.33. The molecule has 0 spiro atoms. The molecule has 1 fully saturated rings. The zero-order valence-corrected chi connectivity index (χ0v) is 25.1. The maximum absolute atomic E-state index is 13.8. The van der Waals surface area contributed by atoms with Gasteiger partial charge in [-0.15, -0.1) is 0 Å². The van der Waals surface area contributed by atoms with Gasteiger partial charge in [-0.25, -0.2) is 4.79 Å². The van der Waals surface area contributed by atoms with Gasteiger partial charge >= 0.3 is 5.97 Å². The zero-order valence-electron chi connectivity index (χ0n) is 25.1. The number of carbonyl (C=O) groups excluding carboxylic acids is 3. The Morgan fingerprint density at radius 3 is 1.77 bits per heavy atom. The summed E-state index contributed by atoms with van der Waals surface area (Å²) in [5, 5.41) is 21.0. The molecule has 0 heterocycles. The number of aliphatic carboxylic acids is 1. The van der Waals surface area contributed by atoms with Gasteiger partial charge in [0, 0.05) is 22.3 Å². The molecule has 3 N–H and O–H groups in total. The summed E-state index contributed by atoms with van der Waals surface area (Å²) in [5.41, 5.74) is 1.44. The first kappa shape index (κ1) is 31.6. The number of allylic oxidation sites excluding steroid dienone is 2. The fourth-order valence-corrected chi connectivity index (χ4v) is 5.27. The lowest BCUT2D eigenvalue weighted by Gasteiger charge is -2.22. The predicted octanol–water partition coefficient (Wildman–Crippen LogP) is 6.70. The van der Waals surface area contributed by atoms with Crippen LogP contribution in [0.15, 0.2) is 78.9 Å². The van der Waals surface area contributed by atoms with E-state index >= 15 is 0 Å². The third-order valence-electron chi connectivity index (χ3n) is 8.04. The maximum Gasteiger partial charge on any atom is 0.356 e. The summed E-state index contributed by atoms with van der Waals surface area (Å²) < 4.78 is 0. The average Bonchev–Trinajstić information content (AvgIpc) is 2.99. The molecule has 1 aliphatic rings. The van der Waals surface area contributed by atoms with E-state index in [1.807, 2.05) is 41.7 Å². The van der Waals surface area contributed by atoms with E-state index in [2.05, 4.69) is 20.8 Å². The van der Waals surface area contributed by atoms with E-state index in [1.54, 1.807) is 12.1 Å². The Morgan fingerprint density at radius 1 is 0.721 bits per heavy atom. The lowest BCUT2D eigenvalue weighted by molar-refractivity contribution is -0.158. The van der Waals surface area contributed by atoms with Crippen molar-refractivity contribution in [3.05, 3.63) is 112 Å². The fraction of sp³-hybridized carbons (Fsp3) is 0.333. The van der Waals surface area contributed by atoms with Gasteiger partial charge in [-0.1, -0.05) is 101 Å². The van der Waals surface area contributed by atoms with Crippen molar-refractivity contribution in [3.8, 4) is 0 Å². The molecule has 1 aliphatic carbocycles. The number of Topliss-reactive ketones (excluding diaryl/α,β-unsaturated/α-hetero) is 1. The Labute approximate surface area is 252 Å². The van der Waals surface area contributed by atoms with Crippen molar-refractivity contribution in [1.82, 2.24) is 5.32 Å². The van der Waals surface area contributed by atoms with E-state index in [4.69, 9.17) is 5.11 Å². The second-order valence-corrected chi connectivity index (χ2v) is 12.4. The summed E-state index contributed by atoms with van der Waals surface area (Å²) in [6.45, 7) is 7.25. The second-order valence-electron chi connectivity index (χ2n) is 12.4. The molecule has 1 atom stereocenters. The third kappa shape index (κ3) is 7.73. The lowest BCUT2D eigenvalue weighted by atomic mass is 9.83. The minimum Gasteiger partial charge on any atom is -0.478 e. The van der Waals surface area contributed by atoms with Gasteiger partial charge in [-0.3, -0.25) is 14.4 Å². The van der Waals surface area contributed by atoms with E-state index in [0.29, 0.717) is 17.0 Å². The highest BCUT2D eigenvalue weighted by Crippen LogP contribution is 2.33. The summed E-state index contributed by atoms with van der Waals surface area (Å²) in [5.74, 6) is -2.61. The van der Waals surface area contributed by atoms with Crippen LogP contribution >= 0.6 is 0 Å². The van der Waals surface area contributed by atoms with Gasteiger partial charge in [0.1, 0.15) is 0 Å². The molecular weight excluding hydrogens is 542 g/mol. The molecule has 1 saturated carbocycles. The molecule has 1 amide bonds. The molecule has 7 nitrogen and oxygen atoms in total. The van der Waals surface area contributed by atoms with Crippen LogP contribution in [0.4, 0.5) is 0 Å². The molecule has 3 aromatic carbocycles. The van der Waals surface area contributed by atoms with Gasteiger partial charge < -0.3 is 15.5 Å². The van der Waals surface area contributed by atoms with E-state index in [9.17, 15) is 24.3 Å². The minimum atomic E-state index is -2.45. The van der Waals surface area contributed by atoms with Crippen LogP contribution in [0.3, 0.4) is 0 Å². The Hall–Kier alpha value is -4.36. The van der Waals surface area contributed by atoms with Gasteiger partial charge in [-0.2, -0.15) is 0 Å². The van der Waals surface area contributed by atoms with Crippen molar-refractivity contribution in [2.24, 2.45) is 0 Å². The predicted molar refractivity (Wildman–Crippen MR) is 166 cm³/mol. The van der Waals surface area contributed by atoms with E-state index in [0.717, 1.165) is 25.3 Å². The van der Waals surface area contributed by atoms with Crippen LogP contribution in [0.1, 0.15) is 113 Å². The molecular formula is C36H39NO6. The number of carboxylic acids is 1. The zero-order chi connectivity index (χ0) is 31.4. The molecule has 0 radical (unpaired) electrons. The first-order valence-electron chi connectivity index (χ1n) is 14.7. The normalized spacial score (nSPS) is 15.8. The molecule has 3 aromatic rings. The Morgan fingerprint density at radius 2 is 1.23 bits per heavy atom. The van der Waals surface area contributed by atoms with Gasteiger partial charge in [0.25, 0.3) is 5.91 Å². The number of aliphatic hydroxyl groups is 1. The SMILES string of the molecule is CC(C)(C)c1ccc(C(=O)C=C(C(=O)c2ccc(C(=O)N[C@](C)(O)C(=O)O)cc2)c2ccc(C3CCCCC3)cc2)cc1. The Bertz CT molecular complexity index is 1520. The van der Waals surface area contributed by atoms with Crippen LogP contribution in [-0.4, -0.2) is 39.4 Å². The van der Waals surface area contributed by atoms with Crippen LogP contribution in [0.2, 0.25) is 0 Å². The second kappa shape index (κ2) is 12.9.